The maximum atomic E-state index is 3.59. The molecule has 1 nitrogen and oxygen atoms in total. The van der Waals surface area contributed by atoms with Crippen LogP contribution >= 0.6 is 22.6 Å². The van der Waals surface area contributed by atoms with Gasteiger partial charge in [0, 0.05) is 15.7 Å². The van der Waals surface area contributed by atoms with Crippen molar-refractivity contribution in [3.63, 3.8) is 0 Å². The first kappa shape index (κ1) is 9.46. The number of hydrogen-bond donors (Lipinski definition) is 1. The van der Waals surface area contributed by atoms with E-state index in [1.54, 1.807) is 0 Å². The van der Waals surface area contributed by atoms with Crippen molar-refractivity contribution in [2.24, 2.45) is 0 Å². The summed E-state index contributed by atoms with van der Waals surface area (Å²) in [6.45, 7) is 3.30. The van der Waals surface area contributed by atoms with Crippen molar-refractivity contribution < 1.29 is 0 Å². The number of nitrogens with one attached hydrogen (secondary N) is 1. The normalized spacial score (nSPS) is 18.6. The average molecular weight is 287 g/mol. The number of halogens is 1. The summed E-state index contributed by atoms with van der Waals surface area (Å²) < 4.78 is 1.36. The van der Waals surface area contributed by atoms with Crippen LogP contribution in [0.1, 0.15) is 25.3 Å². The van der Waals surface area contributed by atoms with Crippen LogP contribution in [-0.4, -0.2) is 5.54 Å². The van der Waals surface area contributed by atoms with Crippen LogP contribution in [0.25, 0.3) is 0 Å². The number of hydrogen-bond acceptors (Lipinski definition) is 1. The molecule has 0 amide bonds. The monoisotopic (exact) mass is 287 g/mol. The summed E-state index contributed by atoms with van der Waals surface area (Å²) in [6.07, 6.45) is 2.66. The zero-order valence-corrected chi connectivity index (χ0v) is 9.97. The topological polar surface area (TPSA) is 12.0 Å². The van der Waals surface area contributed by atoms with Gasteiger partial charge in [0.15, 0.2) is 0 Å². The summed E-state index contributed by atoms with van der Waals surface area (Å²) in [5.41, 5.74) is 1.86. The summed E-state index contributed by atoms with van der Waals surface area (Å²) in [5, 5.41) is 3.59. The summed E-state index contributed by atoms with van der Waals surface area (Å²) >= 11 is 2.39. The van der Waals surface area contributed by atoms with Gasteiger partial charge in [-0.15, -0.1) is 0 Å². The number of benzene rings is 1. The third kappa shape index (κ3) is 2.44. The standard InChI is InChI=1S/C11H14IN/c1-11(6-7-11)13-8-9-4-2-3-5-10(9)12/h2-5,13H,6-8H2,1H3. The SMILES string of the molecule is CC1(NCc2ccccc2I)CC1. The molecule has 2 heteroatoms. The molecule has 1 aromatic carbocycles. The van der Waals surface area contributed by atoms with E-state index in [2.05, 4.69) is 59.1 Å². The Morgan fingerprint density at radius 1 is 1.38 bits per heavy atom. The highest BCUT2D eigenvalue weighted by atomic mass is 127. The highest BCUT2D eigenvalue weighted by Crippen LogP contribution is 2.34. The predicted molar refractivity (Wildman–Crippen MR) is 63.6 cm³/mol. The van der Waals surface area contributed by atoms with Crippen LogP contribution < -0.4 is 5.32 Å². The summed E-state index contributed by atoms with van der Waals surface area (Å²) in [6, 6.07) is 8.55. The molecule has 1 aromatic rings. The second-order valence-corrected chi connectivity index (χ2v) is 5.17. The van der Waals surface area contributed by atoms with E-state index in [9.17, 15) is 0 Å². The third-order valence-electron chi connectivity index (χ3n) is 2.66. The molecule has 0 aliphatic heterocycles. The first-order chi connectivity index (χ1) is 6.20. The zero-order valence-electron chi connectivity index (χ0n) is 7.81. The second-order valence-electron chi connectivity index (χ2n) is 4.01. The predicted octanol–water partition coefficient (Wildman–Crippen LogP) is 2.93. The van der Waals surface area contributed by atoms with E-state index in [4.69, 9.17) is 0 Å². The molecule has 1 saturated carbocycles. The van der Waals surface area contributed by atoms with Gasteiger partial charge < -0.3 is 5.32 Å². The Kier molecular flexibility index (Phi) is 2.60. The largest absolute Gasteiger partial charge is 0.307 e. The van der Waals surface area contributed by atoms with Crippen molar-refractivity contribution >= 4 is 22.6 Å². The minimum absolute atomic E-state index is 0.443. The molecule has 2 rings (SSSR count). The molecular weight excluding hydrogens is 273 g/mol. The van der Waals surface area contributed by atoms with Gasteiger partial charge in [-0.1, -0.05) is 18.2 Å². The van der Waals surface area contributed by atoms with Crippen molar-refractivity contribution in [3.8, 4) is 0 Å². The molecule has 1 aliphatic rings. The molecule has 70 valence electrons. The van der Waals surface area contributed by atoms with Gasteiger partial charge in [0.1, 0.15) is 0 Å². The van der Waals surface area contributed by atoms with Crippen molar-refractivity contribution in [2.45, 2.75) is 31.8 Å². The Balaban J connectivity index is 1.97. The molecule has 0 saturated heterocycles. The molecule has 0 unspecified atom stereocenters. The van der Waals surface area contributed by atoms with Gasteiger partial charge >= 0.3 is 0 Å². The average Bonchev–Trinajstić information content (AvgIpc) is 2.83. The molecule has 13 heavy (non-hydrogen) atoms. The summed E-state index contributed by atoms with van der Waals surface area (Å²) in [7, 11) is 0. The Bertz CT molecular complexity index is 305. The summed E-state index contributed by atoms with van der Waals surface area (Å²) in [5.74, 6) is 0. The second kappa shape index (κ2) is 3.58. The van der Waals surface area contributed by atoms with Crippen LogP contribution in [0, 0.1) is 3.57 Å². The number of rotatable bonds is 3. The molecule has 0 heterocycles. The van der Waals surface area contributed by atoms with Crippen LogP contribution in [0.4, 0.5) is 0 Å². The van der Waals surface area contributed by atoms with Crippen molar-refractivity contribution in [1.82, 2.24) is 5.32 Å². The van der Waals surface area contributed by atoms with Gasteiger partial charge in [-0.2, -0.15) is 0 Å². The Morgan fingerprint density at radius 2 is 2.08 bits per heavy atom. The fraction of sp³-hybridized carbons (Fsp3) is 0.455. The molecular formula is C11H14IN. The fourth-order valence-corrected chi connectivity index (χ4v) is 1.89. The molecule has 1 N–H and O–H groups in total. The lowest BCUT2D eigenvalue weighted by atomic mass is 10.2. The Labute approximate surface area is 93.1 Å². The van der Waals surface area contributed by atoms with Gasteiger partial charge in [0.2, 0.25) is 0 Å². The van der Waals surface area contributed by atoms with E-state index in [0.29, 0.717) is 5.54 Å². The van der Waals surface area contributed by atoms with E-state index in [0.717, 1.165) is 6.54 Å². The van der Waals surface area contributed by atoms with Crippen molar-refractivity contribution in [1.29, 1.82) is 0 Å². The Morgan fingerprint density at radius 3 is 2.69 bits per heavy atom. The molecule has 0 bridgehead atoms. The smallest absolute Gasteiger partial charge is 0.0221 e. The third-order valence-corrected chi connectivity index (χ3v) is 3.72. The van der Waals surface area contributed by atoms with E-state index in [1.165, 1.54) is 22.0 Å². The molecule has 0 atom stereocenters. The first-order valence-electron chi connectivity index (χ1n) is 4.68. The van der Waals surface area contributed by atoms with E-state index < -0.39 is 0 Å². The maximum Gasteiger partial charge on any atom is 0.0221 e. The zero-order chi connectivity index (χ0) is 9.31. The van der Waals surface area contributed by atoms with Crippen molar-refractivity contribution in [3.05, 3.63) is 33.4 Å². The lowest BCUT2D eigenvalue weighted by Crippen LogP contribution is -2.27. The van der Waals surface area contributed by atoms with Gasteiger partial charge in [-0.05, 0) is 54.0 Å². The molecule has 0 spiro atoms. The highest BCUT2D eigenvalue weighted by Gasteiger charge is 2.36. The van der Waals surface area contributed by atoms with E-state index in [-0.39, 0.29) is 0 Å². The lowest BCUT2D eigenvalue weighted by Gasteiger charge is -2.11. The van der Waals surface area contributed by atoms with E-state index in [1.807, 2.05) is 0 Å². The lowest BCUT2D eigenvalue weighted by molar-refractivity contribution is 0.537. The van der Waals surface area contributed by atoms with Crippen LogP contribution in [-0.2, 0) is 6.54 Å². The molecule has 0 radical (unpaired) electrons. The van der Waals surface area contributed by atoms with Crippen LogP contribution in [0.3, 0.4) is 0 Å². The maximum absolute atomic E-state index is 3.59. The van der Waals surface area contributed by atoms with Crippen LogP contribution in [0.2, 0.25) is 0 Å². The van der Waals surface area contributed by atoms with Gasteiger partial charge in [0.25, 0.3) is 0 Å². The van der Waals surface area contributed by atoms with Gasteiger partial charge in [0.05, 0.1) is 0 Å². The fourth-order valence-electron chi connectivity index (χ4n) is 1.31. The van der Waals surface area contributed by atoms with E-state index >= 15 is 0 Å². The minimum atomic E-state index is 0.443. The minimum Gasteiger partial charge on any atom is -0.307 e. The quantitative estimate of drug-likeness (QED) is 0.843. The van der Waals surface area contributed by atoms with Crippen LogP contribution in [0.5, 0.6) is 0 Å². The molecule has 0 aromatic heterocycles. The molecule has 1 fully saturated rings. The first-order valence-corrected chi connectivity index (χ1v) is 5.76. The highest BCUT2D eigenvalue weighted by molar-refractivity contribution is 14.1. The summed E-state index contributed by atoms with van der Waals surface area (Å²) in [4.78, 5) is 0. The van der Waals surface area contributed by atoms with Gasteiger partial charge in [-0.3, -0.25) is 0 Å². The van der Waals surface area contributed by atoms with Crippen molar-refractivity contribution in [2.75, 3.05) is 0 Å². The Hall–Kier alpha value is -0.0900. The van der Waals surface area contributed by atoms with Gasteiger partial charge in [-0.25, -0.2) is 0 Å². The van der Waals surface area contributed by atoms with Crippen LogP contribution in [0.15, 0.2) is 24.3 Å². The molecule has 1 aliphatic carbocycles.